The minimum atomic E-state index is -1.90. The molecule has 0 radical (unpaired) electrons. The fourth-order valence-corrected chi connectivity index (χ4v) is 1.23. The summed E-state index contributed by atoms with van der Waals surface area (Å²) in [5.74, 6) is -1.81. The molecule has 0 bridgehead atoms. The van der Waals surface area contributed by atoms with Crippen molar-refractivity contribution in [1.29, 1.82) is 0 Å². The van der Waals surface area contributed by atoms with Crippen LogP contribution in [-0.4, -0.2) is 34.9 Å². The summed E-state index contributed by atoms with van der Waals surface area (Å²) in [5.41, 5.74) is -1.90. The second-order valence-corrected chi connectivity index (χ2v) is 4.03. The number of aliphatic hydroxyl groups is 1. The lowest BCUT2D eigenvalue weighted by molar-refractivity contribution is -0.169. The fourth-order valence-electron chi connectivity index (χ4n) is 1.23. The Morgan fingerprint density at radius 1 is 1.40 bits per heavy atom. The monoisotopic (exact) mass is 218 g/mol. The number of carboxylic acids is 1. The van der Waals surface area contributed by atoms with Crippen molar-refractivity contribution in [3.63, 3.8) is 0 Å². The summed E-state index contributed by atoms with van der Waals surface area (Å²) in [7, 11) is 1.13. The zero-order chi connectivity index (χ0) is 12.1. The molecular formula is C10H18O5. The predicted octanol–water partition coefficient (Wildman–Crippen LogP) is 0.801. The van der Waals surface area contributed by atoms with Gasteiger partial charge in [-0.2, -0.15) is 0 Å². The van der Waals surface area contributed by atoms with E-state index in [2.05, 4.69) is 4.74 Å². The Kier molecular flexibility index (Phi) is 5.28. The number of methoxy groups -OCH3 is 1. The van der Waals surface area contributed by atoms with Gasteiger partial charge in [-0.05, 0) is 18.8 Å². The number of rotatable bonds is 6. The van der Waals surface area contributed by atoms with E-state index < -0.39 is 24.0 Å². The molecule has 0 fully saturated rings. The highest BCUT2D eigenvalue weighted by atomic mass is 16.5. The van der Waals surface area contributed by atoms with Gasteiger partial charge >= 0.3 is 11.9 Å². The van der Waals surface area contributed by atoms with Gasteiger partial charge in [0.1, 0.15) is 0 Å². The normalized spacial score (nSPS) is 14.7. The molecule has 0 aliphatic rings. The second kappa shape index (κ2) is 5.70. The van der Waals surface area contributed by atoms with Gasteiger partial charge < -0.3 is 14.9 Å². The molecule has 0 aliphatic heterocycles. The Morgan fingerprint density at radius 3 is 2.27 bits per heavy atom. The standard InChI is InChI=1S/C10H18O5/c1-7(2)4-5-10(14,6-8(11)12)9(13)15-3/h7,14H,4-6H2,1-3H3,(H,11,12). The number of carboxylic acid groups (broad SMARTS) is 1. The highest BCUT2D eigenvalue weighted by Gasteiger charge is 2.39. The lowest BCUT2D eigenvalue weighted by Gasteiger charge is -2.24. The van der Waals surface area contributed by atoms with E-state index in [4.69, 9.17) is 5.11 Å². The Morgan fingerprint density at radius 2 is 1.93 bits per heavy atom. The highest BCUT2D eigenvalue weighted by molar-refractivity contribution is 5.84. The molecule has 5 nitrogen and oxygen atoms in total. The molecule has 0 saturated carbocycles. The minimum Gasteiger partial charge on any atom is -0.481 e. The SMILES string of the molecule is COC(=O)C(O)(CCC(C)C)CC(=O)O. The van der Waals surface area contributed by atoms with Crippen LogP contribution < -0.4 is 0 Å². The van der Waals surface area contributed by atoms with E-state index in [1.807, 2.05) is 13.8 Å². The zero-order valence-corrected chi connectivity index (χ0v) is 9.32. The van der Waals surface area contributed by atoms with E-state index in [9.17, 15) is 14.7 Å². The molecule has 0 rings (SSSR count). The Hall–Kier alpha value is -1.10. The van der Waals surface area contributed by atoms with Crippen molar-refractivity contribution in [2.24, 2.45) is 5.92 Å². The second-order valence-electron chi connectivity index (χ2n) is 4.03. The quantitative estimate of drug-likeness (QED) is 0.644. The summed E-state index contributed by atoms with van der Waals surface area (Å²) in [6, 6.07) is 0. The molecule has 2 N–H and O–H groups in total. The smallest absolute Gasteiger partial charge is 0.338 e. The number of hydrogen-bond donors (Lipinski definition) is 2. The van der Waals surface area contributed by atoms with E-state index in [0.717, 1.165) is 7.11 Å². The van der Waals surface area contributed by atoms with Crippen molar-refractivity contribution >= 4 is 11.9 Å². The first-order valence-corrected chi connectivity index (χ1v) is 4.84. The maximum Gasteiger partial charge on any atom is 0.338 e. The molecule has 0 aromatic rings. The first-order chi connectivity index (χ1) is 6.81. The molecule has 88 valence electrons. The van der Waals surface area contributed by atoms with Gasteiger partial charge in [0.15, 0.2) is 5.60 Å². The van der Waals surface area contributed by atoms with Gasteiger partial charge in [0.25, 0.3) is 0 Å². The van der Waals surface area contributed by atoms with E-state index in [1.54, 1.807) is 0 Å². The van der Waals surface area contributed by atoms with Crippen LogP contribution in [0.1, 0.15) is 33.1 Å². The molecule has 1 unspecified atom stereocenters. The maximum atomic E-state index is 11.2. The average Bonchev–Trinajstić information content (AvgIpc) is 2.12. The third-order valence-corrected chi connectivity index (χ3v) is 2.14. The van der Waals surface area contributed by atoms with Crippen molar-refractivity contribution in [1.82, 2.24) is 0 Å². The van der Waals surface area contributed by atoms with E-state index in [-0.39, 0.29) is 12.3 Å². The molecule has 0 amide bonds. The van der Waals surface area contributed by atoms with Crippen molar-refractivity contribution in [3.05, 3.63) is 0 Å². The summed E-state index contributed by atoms with van der Waals surface area (Å²) in [5, 5.41) is 18.4. The van der Waals surface area contributed by atoms with Gasteiger partial charge in [-0.1, -0.05) is 13.8 Å². The maximum absolute atomic E-state index is 11.2. The third kappa shape index (κ3) is 4.78. The van der Waals surface area contributed by atoms with Crippen LogP contribution in [0, 0.1) is 5.92 Å². The van der Waals surface area contributed by atoms with Gasteiger partial charge in [-0.25, -0.2) is 4.79 Å². The van der Waals surface area contributed by atoms with E-state index >= 15 is 0 Å². The van der Waals surface area contributed by atoms with Crippen molar-refractivity contribution in [3.8, 4) is 0 Å². The molecule has 0 aromatic carbocycles. The minimum absolute atomic E-state index is 0.101. The van der Waals surface area contributed by atoms with Crippen LogP contribution in [0.3, 0.4) is 0 Å². The number of carbonyl (C=O) groups excluding carboxylic acids is 1. The number of hydrogen-bond acceptors (Lipinski definition) is 4. The first kappa shape index (κ1) is 13.9. The van der Waals surface area contributed by atoms with Crippen LogP contribution in [0.15, 0.2) is 0 Å². The van der Waals surface area contributed by atoms with Gasteiger partial charge in [0.05, 0.1) is 13.5 Å². The Labute approximate surface area is 89.0 Å². The summed E-state index contributed by atoms with van der Waals surface area (Å²) in [6.07, 6.45) is 0.0505. The topological polar surface area (TPSA) is 83.8 Å². The van der Waals surface area contributed by atoms with Crippen molar-refractivity contribution in [2.75, 3.05) is 7.11 Å². The van der Waals surface area contributed by atoms with Gasteiger partial charge in [0, 0.05) is 0 Å². The molecular weight excluding hydrogens is 200 g/mol. The average molecular weight is 218 g/mol. The largest absolute Gasteiger partial charge is 0.481 e. The highest BCUT2D eigenvalue weighted by Crippen LogP contribution is 2.22. The molecule has 1 atom stereocenters. The Bertz CT molecular complexity index is 236. The predicted molar refractivity (Wildman–Crippen MR) is 53.3 cm³/mol. The van der Waals surface area contributed by atoms with Crippen LogP contribution in [0.5, 0.6) is 0 Å². The molecule has 0 saturated heterocycles. The summed E-state index contributed by atoms with van der Waals surface area (Å²) in [4.78, 5) is 21.8. The Balaban J connectivity index is 4.54. The molecule has 0 aliphatic carbocycles. The summed E-state index contributed by atoms with van der Waals surface area (Å²) in [6.45, 7) is 3.86. The molecule has 15 heavy (non-hydrogen) atoms. The first-order valence-electron chi connectivity index (χ1n) is 4.84. The summed E-state index contributed by atoms with van der Waals surface area (Å²) < 4.78 is 4.40. The van der Waals surface area contributed by atoms with Crippen LogP contribution >= 0.6 is 0 Å². The fraction of sp³-hybridized carbons (Fsp3) is 0.800. The molecule has 0 heterocycles. The van der Waals surface area contributed by atoms with Gasteiger partial charge in [-0.3, -0.25) is 4.79 Å². The molecule has 0 spiro atoms. The molecule has 0 aromatic heterocycles. The number of ether oxygens (including phenoxy) is 1. The van der Waals surface area contributed by atoms with E-state index in [0.29, 0.717) is 6.42 Å². The molecule has 5 heteroatoms. The van der Waals surface area contributed by atoms with Crippen LogP contribution in [0.4, 0.5) is 0 Å². The van der Waals surface area contributed by atoms with E-state index in [1.165, 1.54) is 0 Å². The lowest BCUT2D eigenvalue weighted by Crippen LogP contribution is -2.42. The number of carbonyl (C=O) groups is 2. The zero-order valence-electron chi connectivity index (χ0n) is 9.32. The third-order valence-electron chi connectivity index (χ3n) is 2.14. The van der Waals surface area contributed by atoms with Crippen LogP contribution in [-0.2, 0) is 14.3 Å². The van der Waals surface area contributed by atoms with Crippen LogP contribution in [0.25, 0.3) is 0 Å². The van der Waals surface area contributed by atoms with Crippen molar-refractivity contribution < 1.29 is 24.5 Å². The van der Waals surface area contributed by atoms with Crippen LogP contribution in [0.2, 0.25) is 0 Å². The number of esters is 1. The number of aliphatic carboxylic acids is 1. The van der Waals surface area contributed by atoms with Gasteiger partial charge in [-0.15, -0.1) is 0 Å². The van der Waals surface area contributed by atoms with Crippen molar-refractivity contribution in [2.45, 2.75) is 38.7 Å². The van der Waals surface area contributed by atoms with Gasteiger partial charge in [0.2, 0.25) is 0 Å². The summed E-state index contributed by atoms with van der Waals surface area (Å²) >= 11 is 0. The lowest BCUT2D eigenvalue weighted by atomic mass is 9.90.